The van der Waals surface area contributed by atoms with Crippen LogP contribution in [-0.4, -0.2) is 9.13 Å². The second kappa shape index (κ2) is 15.5. The molecule has 162 valence electrons. The zero-order chi connectivity index (χ0) is 21.7. The van der Waals surface area contributed by atoms with Gasteiger partial charge in [-0.2, -0.15) is 18.2 Å². The van der Waals surface area contributed by atoms with Crippen LogP contribution < -0.4 is 10.6 Å². The number of thiol groups is 2. The van der Waals surface area contributed by atoms with Crippen LogP contribution in [0.25, 0.3) is 0 Å². The fourth-order valence-corrected chi connectivity index (χ4v) is 19.1. The quantitative estimate of drug-likeness (QED) is 0.0687. The number of benzene rings is 2. The molecule has 4 aromatic rings. The largest absolute Gasteiger partial charge is 0.999 e. The topological polar surface area (TPSA) is 42.8 Å². The maximum Gasteiger partial charge on any atom is 0.374 e. The second-order valence-corrected chi connectivity index (χ2v) is 20.9. The summed E-state index contributed by atoms with van der Waals surface area (Å²) in [7, 11) is 2.41. The van der Waals surface area contributed by atoms with Crippen molar-refractivity contribution in [1.29, 1.82) is 0 Å². The zero-order valence-corrected chi connectivity index (χ0v) is 23.0. The molecule has 0 aliphatic rings. The van der Waals surface area contributed by atoms with Crippen LogP contribution in [-0.2, 0) is 21.7 Å². The van der Waals surface area contributed by atoms with Gasteiger partial charge in [0.1, 0.15) is 0 Å². The summed E-state index contributed by atoms with van der Waals surface area (Å²) in [6, 6.07) is 40.6. The van der Waals surface area contributed by atoms with E-state index < -0.39 is 11.1 Å². The van der Waals surface area contributed by atoms with Gasteiger partial charge in [0.2, 0.25) is 0 Å². The molecule has 0 saturated heterocycles. The Morgan fingerprint density at radius 2 is 1.06 bits per heavy atom. The molecule has 0 radical (unpaired) electrons. The monoisotopic (exact) mass is 554 g/mol. The zero-order valence-electron chi connectivity index (χ0n) is 16.2. The first kappa shape index (κ1) is 28.7. The van der Waals surface area contributed by atoms with Crippen molar-refractivity contribution in [3.63, 3.8) is 0 Å². The Hall–Kier alpha value is -0.286. The van der Waals surface area contributed by atoms with Crippen molar-refractivity contribution in [2.24, 2.45) is 0 Å². The van der Waals surface area contributed by atoms with Gasteiger partial charge in [-0.1, -0.05) is 36.4 Å². The van der Waals surface area contributed by atoms with Gasteiger partial charge in [-0.05, 0) is 48.8 Å². The van der Waals surface area contributed by atoms with E-state index in [1.807, 2.05) is 91.0 Å². The molecular weight excluding hydrogens is 534 g/mol. The molecule has 2 N–H and O–H groups in total. The summed E-state index contributed by atoms with van der Waals surface area (Å²) in [4.78, 5) is 0. The molecule has 31 heavy (non-hydrogen) atoms. The van der Waals surface area contributed by atoms with E-state index in [9.17, 15) is 9.13 Å². The fraction of sp³-hybridized carbons (Fsp3) is 0. The molecule has 0 aliphatic carbocycles. The minimum atomic E-state index is -2.62. The van der Waals surface area contributed by atoms with Gasteiger partial charge in [0, 0.05) is 21.7 Å². The molecule has 0 fully saturated rings. The molecular formula is C22H20O2P2S4Ti-4. The predicted molar refractivity (Wildman–Crippen MR) is 142 cm³/mol. The predicted octanol–water partition coefficient (Wildman–Crippen LogP) is 7.16. The summed E-state index contributed by atoms with van der Waals surface area (Å²) in [6.45, 7) is 0. The average molecular weight is 554 g/mol. The molecule has 2 unspecified atom stereocenters. The van der Waals surface area contributed by atoms with Crippen molar-refractivity contribution in [3.8, 4) is 0 Å². The summed E-state index contributed by atoms with van der Waals surface area (Å²) in [5, 5.41) is 1.56. The normalized spacial score (nSPS) is 13.6. The van der Waals surface area contributed by atoms with Crippen LogP contribution in [0.5, 0.6) is 0 Å². The van der Waals surface area contributed by atoms with Crippen molar-refractivity contribution >= 4 is 67.0 Å². The molecule has 0 heterocycles. The van der Waals surface area contributed by atoms with E-state index in [0.717, 1.165) is 10.6 Å². The Balaban J connectivity index is 0.000000356. The summed E-state index contributed by atoms with van der Waals surface area (Å²) in [6.07, 6.45) is 0. The van der Waals surface area contributed by atoms with Crippen LogP contribution in [0.3, 0.4) is 0 Å². The fourth-order valence-electron chi connectivity index (χ4n) is 1.92. The number of rotatable bonds is 5. The van der Waals surface area contributed by atoms with Gasteiger partial charge >= 0.3 is 11.1 Å². The Morgan fingerprint density at radius 3 is 1.32 bits per heavy atom. The SMILES string of the molecule is [OH+]=P(S)(SSP(=[OH+])(S)c1ccccc1)c1ccccc1.[Ti].[c-]1[c-][c-][cH-][c-]1.c1cc[cH-]c1. The molecule has 2 nitrogen and oxygen atoms in total. The molecule has 2 atom stereocenters. The molecule has 0 saturated carbocycles. The molecule has 4 rings (SSSR count). The van der Waals surface area contributed by atoms with E-state index in [1.54, 1.807) is 6.07 Å². The van der Waals surface area contributed by atoms with E-state index in [4.69, 9.17) is 0 Å². The molecule has 0 aromatic heterocycles. The van der Waals surface area contributed by atoms with Crippen LogP contribution in [0.15, 0.2) is 97.1 Å². The van der Waals surface area contributed by atoms with Gasteiger partial charge in [0.05, 0.1) is 31.4 Å². The van der Waals surface area contributed by atoms with Crippen LogP contribution in [0, 0.1) is 24.3 Å². The van der Waals surface area contributed by atoms with E-state index in [-0.39, 0.29) is 21.7 Å². The Labute approximate surface area is 217 Å². The van der Waals surface area contributed by atoms with Crippen molar-refractivity contribution < 1.29 is 30.8 Å². The van der Waals surface area contributed by atoms with Crippen LogP contribution in [0.2, 0.25) is 0 Å². The first-order chi connectivity index (χ1) is 14.4. The minimum Gasteiger partial charge on any atom is -0.999 e. The molecule has 0 bridgehead atoms. The third-order valence-electron chi connectivity index (χ3n) is 3.33. The standard InChI is InChI=1S/C12H12O2P2S4.C5H5.C5H.Ti/c13-15(17,11-7-3-1-4-8-11)19-20-16(14,18)12-9-5-2-6-10-12;2*1-2-4-5-3-1;/h1-10H,(H,13,17)(H,14,18);1-5H;1H;/q;-1;-5;/p+2. The van der Waals surface area contributed by atoms with E-state index in [1.165, 1.54) is 20.8 Å². The summed E-state index contributed by atoms with van der Waals surface area (Å²) in [5.74, 6) is 0. The van der Waals surface area contributed by atoms with Crippen molar-refractivity contribution in [3.05, 3.63) is 121 Å². The maximum atomic E-state index is 10.5. The summed E-state index contributed by atoms with van der Waals surface area (Å²) < 4.78 is 21.0. The van der Waals surface area contributed by atoms with Gasteiger partial charge in [-0.15, -0.1) is 0 Å². The van der Waals surface area contributed by atoms with Crippen LogP contribution >= 0.6 is 56.4 Å². The molecule has 4 aromatic carbocycles. The first-order valence-corrected chi connectivity index (χ1v) is 17.7. The van der Waals surface area contributed by atoms with E-state index in [0.29, 0.717) is 0 Å². The van der Waals surface area contributed by atoms with Gasteiger partial charge < -0.3 is 30.3 Å². The first-order valence-electron chi connectivity index (χ1n) is 8.59. The Morgan fingerprint density at radius 1 is 0.677 bits per heavy atom. The van der Waals surface area contributed by atoms with Crippen LogP contribution in [0.4, 0.5) is 0 Å². The molecule has 0 aliphatic heterocycles. The van der Waals surface area contributed by atoms with Gasteiger partial charge in [-0.25, -0.2) is 12.1 Å². The van der Waals surface area contributed by atoms with E-state index >= 15 is 0 Å². The van der Waals surface area contributed by atoms with Gasteiger partial charge in [0.15, 0.2) is 0 Å². The summed E-state index contributed by atoms with van der Waals surface area (Å²) in [5.41, 5.74) is -5.24. The van der Waals surface area contributed by atoms with Crippen molar-refractivity contribution in [1.82, 2.24) is 0 Å². The average Bonchev–Trinajstić information content (AvgIpc) is 3.53. The second-order valence-electron chi connectivity index (χ2n) is 5.55. The van der Waals surface area contributed by atoms with E-state index in [2.05, 4.69) is 48.8 Å². The van der Waals surface area contributed by atoms with Gasteiger partial charge in [-0.3, -0.25) is 9.13 Å². The Bertz CT molecular complexity index is 908. The van der Waals surface area contributed by atoms with Crippen LogP contribution in [0.1, 0.15) is 0 Å². The van der Waals surface area contributed by atoms with Crippen molar-refractivity contribution in [2.45, 2.75) is 0 Å². The molecule has 0 spiro atoms. The number of hydrogen-bond donors (Lipinski definition) is 2. The smallest absolute Gasteiger partial charge is 0.374 e. The minimum absolute atomic E-state index is 0. The van der Waals surface area contributed by atoms with Gasteiger partial charge in [0.25, 0.3) is 0 Å². The third kappa shape index (κ3) is 11.4. The third-order valence-corrected chi connectivity index (χ3v) is 19.6. The molecule has 9 heteroatoms. The van der Waals surface area contributed by atoms with Crippen molar-refractivity contribution in [2.75, 3.05) is 0 Å². The molecule has 0 amide bonds. The number of hydrogen-bond acceptors (Lipinski definition) is 2. The maximum absolute atomic E-state index is 10.5. The Kier molecular flexibility index (Phi) is 14.4. The summed E-state index contributed by atoms with van der Waals surface area (Å²) >= 11 is 8.76.